The largest absolute Gasteiger partial charge is 0.497 e. The van der Waals surface area contributed by atoms with Crippen LogP contribution >= 0.6 is 0 Å². The molecule has 2 aromatic rings. The zero-order chi connectivity index (χ0) is 23.6. The van der Waals surface area contributed by atoms with Crippen molar-refractivity contribution in [2.75, 3.05) is 33.9 Å². The maximum absolute atomic E-state index is 12.6. The molecule has 1 heterocycles. The van der Waals surface area contributed by atoms with Crippen molar-refractivity contribution in [2.45, 2.75) is 12.7 Å². The van der Waals surface area contributed by atoms with Crippen LogP contribution in [0, 0.1) is 0 Å². The number of nitrogens with one attached hydrogen (secondary N) is 1. The van der Waals surface area contributed by atoms with Gasteiger partial charge in [-0.05, 0) is 29.8 Å². The highest BCUT2D eigenvalue weighted by Gasteiger charge is 2.29. The fourth-order valence-corrected chi connectivity index (χ4v) is 2.65. The van der Waals surface area contributed by atoms with Gasteiger partial charge in [0.25, 0.3) is 0 Å². The van der Waals surface area contributed by atoms with Gasteiger partial charge in [-0.1, -0.05) is 12.1 Å². The normalized spacial score (nSPS) is 11.4. The summed E-state index contributed by atoms with van der Waals surface area (Å²) in [4.78, 5) is 30.3. The third-order valence-electron chi connectivity index (χ3n) is 4.37. The molecule has 172 valence electrons. The van der Waals surface area contributed by atoms with Crippen LogP contribution in [-0.2, 0) is 27.0 Å². The lowest BCUT2D eigenvalue weighted by atomic mass is 10.1. The molecule has 0 fully saturated rings. The molecular weight excluding hydrogens is 427 g/mol. The van der Waals surface area contributed by atoms with E-state index in [4.69, 9.17) is 9.47 Å². The zero-order valence-corrected chi connectivity index (χ0v) is 17.7. The molecule has 0 bridgehead atoms. The second-order valence-electron chi connectivity index (χ2n) is 6.67. The van der Waals surface area contributed by atoms with Crippen LogP contribution < -0.4 is 10.1 Å². The number of halogens is 3. The van der Waals surface area contributed by atoms with E-state index in [2.05, 4.69) is 10.3 Å². The van der Waals surface area contributed by atoms with Crippen LogP contribution in [0.2, 0.25) is 0 Å². The maximum Gasteiger partial charge on any atom is 0.416 e. The highest BCUT2D eigenvalue weighted by Crippen LogP contribution is 2.29. The highest BCUT2D eigenvalue weighted by atomic mass is 19.4. The molecule has 1 aromatic carbocycles. The fourth-order valence-electron chi connectivity index (χ4n) is 2.65. The second-order valence-corrected chi connectivity index (χ2v) is 6.67. The Balaban J connectivity index is 1.93. The molecule has 0 radical (unpaired) electrons. The van der Waals surface area contributed by atoms with E-state index in [1.807, 2.05) is 0 Å². The SMILES string of the molecule is COCCN(Cc1cc(OC)ccn1)C(=O)CNC(=O)/C=C/c1ccc(C(F)(F)F)cc1. The van der Waals surface area contributed by atoms with E-state index < -0.39 is 17.6 Å². The lowest BCUT2D eigenvalue weighted by Gasteiger charge is -2.22. The van der Waals surface area contributed by atoms with Gasteiger partial charge in [0.1, 0.15) is 5.75 Å². The third kappa shape index (κ3) is 8.03. The first-order valence-electron chi connectivity index (χ1n) is 9.61. The van der Waals surface area contributed by atoms with Gasteiger partial charge in [0.2, 0.25) is 11.8 Å². The molecule has 7 nitrogen and oxygen atoms in total. The zero-order valence-electron chi connectivity index (χ0n) is 17.7. The number of alkyl halides is 3. The van der Waals surface area contributed by atoms with E-state index in [1.165, 1.54) is 37.3 Å². The average Bonchev–Trinajstić information content (AvgIpc) is 2.78. The number of nitrogens with zero attached hydrogens (tertiary/aromatic N) is 2. The van der Waals surface area contributed by atoms with Crippen LogP contribution in [0.25, 0.3) is 6.08 Å². The molecule has 0 saturated heterocycles. The first-order chi connectivity index (χ1) is 15.2. The van der Waals surface area contributed by atoms with Crippen LogP contribution in [0.15, 0.2) is 48.7 Å². The first kappa shape index (κ1) is 24.9. The van der Waals surface area contributed by atoms with Gasteiger partial charge in [-0.3, -0.25) is 14.6 Å². The standard InChI is InChI=1S/C22H24F3N3O4/c1-31-12-11-28(15-18-13-19(32-2)9-10-26-18)21(30)14-27-20(29)8-5-16-3-6-17(7-4-16)22(23,24)25/h3-10,13H,11-12,14-15H2,1-2H3,(H,27,29)/b8-5+. The van der Waals surface area contributed by atoms with E-state index in [0.717, 1.165) is 18.2 Å². The highest BCUT2D eigenvalue weighted by molar-refractivity contribution is 5.94. The predicted octanol–water partition coefficient (Wildman–Crippen LogP) is 2.91. The number of hydrogen-bond acceptors (Lipinski definition) is 5. The molecule has 1 N–H and O–H groups in total. The van der Waals surface area contributed by atoms with Gasteiger partial charge in [-0.2, -0.15) is 13.2 Å². The van der Waals surface area contributed by atoms with Crippen LogP contribution in [0.5, 0.6) is 5.75 Å². The smallest absolute Gasteiger partial charge is 0.416 e. The maximum atomic E-state index is 12.6. The van der Waals surface area contributed by atoms with Crippen molar-refractivity contribution >= 4 is 17.9 Å². The lowest BCUT2D eigenvalue weighted by Crippen LogP contribution is -2.41. The van der Waals surface area contributed by atoms with Crippen molar-refractivity contribution < 1.29 is 32.2 Å². The summed E-state index contributed by atoms with van der Waals surface area (Å²) in [5, 5.41) is 2.47. The van der Waals surface area contributed by atoms with Crippen molar-refractivity contribution in [2.24, 2.45) is 0 Å². The Labute approximate surface area is 183 Å². The van der Waals surface area contributed by atoms with Gasteiger partial charge in [-0.25, -0.2) is 0 Å². The molecule has 0 aliphatic rings. The van der Waals surface area contributed by atoms with Gasteiger partial charge < -0.3 is 19.7 Å². The minimum atomic E-state index is -4.42. The topological polar surface area (TPSA) is 80.8 Å². The number of benzene rings is 1. The molecule has 0 spiro atoms. The number of pyridine rings is 1. The van der Waals surface area contributed by atoms with E-state index in [9.17, 15) is 22.8 Å². The number of ether oxygens (including phenoxy) is 2. The second kappa shape index (κ2) is 11.8. The minimum Gasteiger partial charge on any atom is -0.497 e. The van der Waals surface area contributed by atoms with Gasteiger partial charge in [-0.15, -0.1) is 0 Å². The Bertz CT molecular complexity index is 931. The summed E-state index contributed by atoms with van der Waals surface area (Å²) in [7, 11) is 3.04. The van der Waals surface area contributed by atoms with E-state index in [-0.39, 0.29) is 19.0 Å². The van der Waals surface area contributed by atoms with Crippen LogP contribution in [0.3, 0.4) is 0 Å². The van der Waals surface area contributed by atoms with Crippen molar-refractivity contribution in [1.82, 2.24) is 15.2 Å². The van der Waals surface area contributed by atoms with Gasteiger partial charge in [0.15, 0.2) is 0 Å². The number of amides is 2. The Morgan fingerprint density at radius 3 is 2.50 bits per heavy atom. The summed E-state index contributed by atoms with van der Waals surface area (Å²) in [6.07, 6.45) is -0.335. The molecule has 2 rings (SSSR count). The summed E-state index contributed by atoms with van der Waals surface area (Å²) in [6.45, 7) is 0.545. The Morgan fingerprint density at radius 2 is 1.88 bits per heavy atom. The Hall–Kier alpha value is -3.40. The molecule has 10 heteroatoms. The van der Waals surface area contributed by atoms with E-state index in [0.29, 0.717) is 30.2 Å². The van der Waals surface area contributed by atoms with E-state index >= 15 is 0 Å². The fraction of sp³-hybridized carbons (Fsp3) is 0.318. The van der Waals surface area contributed by atoms with Crippen molar-refractivity contribution in [3.8, 4) is 5.75 Å². The summed E-state index contributed by atoms with van der Waals surface area (Å²) in [5.41, 5.74) is 0.263. The van der Waals surface area contributed by atoms with Crippen LogP contribution in [0.1, 0.15) is 16.8 Å². The molecule has 2 amide bonds. The van der Waals surface area contributed by atoms with Gasteiger partial charge in [0.05, 0.1) is 38.1 Å². The van der Waals surface area contributed by atoms with Crippen molar-refractivity contribution in [1.29, 1.82) is 0 Å². The number of carbonyl (C=O) groups excluding carboxylic acids is 2. The number of methoxy groups -OCH3 is 2. The minimum absolute atomic E-state index is 0.205. The number of rotatable bonds is 10. The number of hydrogen-bond donors (Lipinski definition) is 1. The molecule has 0 aliphatic heterocycles. The molecule has 0 atom stereocenters. The summed E-state index contributed by atoms with van der Waals surface area (Å²) in [5.74, 6) is -0.289. The Morgan fingerprint density at radius 1 is 1.16 bits per heavy atom. The number of aromatic nitrogens is 1. The van der Waals surface area contributed by atoms with Gasteiger partial charge >= 0.3 is 6.18 Å². The Kier molecular flexibility index (Phi) is 9.21. The van der Waals surface area contributed by atoms with Gasteiger partial charge in [0, 0.05) is 32.0 Å². The quantitative estimate of drug-likeness (QED) is 0.562. The summed E-state index contributed by atoms with van der Waals surface area (Å²) < 4.78 is 48.0. The number of carbonyl (C=O) groups is 2. The molecule has 0 aliphatic carbocycles. The van der Waals surface area contributed by atoms with Crippen molar-refractivity contribution in [3.05, 3.63) is 65.5 Å². The predicted molar refractivity (Wildman–Crippen MR) is 112 cm³/mol. The third-order valence-corrected chi connectivity index (χ3v) is 4.37. The van der Waals surface area contributed by atoms with Crippen molar-refractivity contribution in [3.63, 3.8) is 0 Å². The average molecular weight is 451 g/mol. The summed E-state index contributed by atoms with van der Waals surface area (Å²) in [6, 6.07) is 7.77. The molecule has 0 saturated carbocycles. The van der Waals surface area contributed by atoms with Crippen LogP contribution in [-0.4, -0.2) is 55.6 Å². The first-order valence-corrected chi connectivity index (χ1v) is 9.61. The van der Waals surface area contributed by atoms with Crippen LogP contribution in [0.4, 0.5) is 13.2 Å². The summed E-state index contributed by atoms with van der Waals surface area (Å²) >= 11 is 0. The lowest BCUT2D eigenvalue weighted by molar-refractivity contribution is -0.137. The monoisotopic (exact) mass is 451 g/mol. The molecule has 32 heavy (non-hydrogen) atoms. The van der Waals surface area contributed by atoms with E-state index in [1.54, 1.807) is 18.3 Å². The molecular formula is C22H24F3N3O4. The molecule has 0 unspecified atom stereocenters. The molecule has 1 aromatic heterocycles.